The van der Waals surface area contributed by atoms with Gasteiger partial charge in [0.05, 0.1) is 5.97 Å². The Morgan fingerprint density at radius 1 is 1.62 bits per heavy atom. The molecule has 0 saturated carbocycles. The minimum Gasteiger partial charge on any atom is -0.548 e. The molecule has 0 saturated heterocycles. The van der Waals surface area contributed by atoms with Crippen LogP contribution in [-0.4, -0.2) is 24.5 Å². The summed E-state index contributed by atoms with van der Waals surface area (Å²) in [6.07, 6.45) is 0.872. The van der Waals surface area contributed by atoms with E-state index in [9.17, 15) is 9.90 Å². The maximum absolute atomic E-state index is 10.1. The Hall–Kier alpha value is 0.505. The van der Waals surface area contributed by atoms with Crippen LogP contribution in [0.3, 0.4) is 0 Å². The third-order valence-corrected chi connectivity index (χ3v) is 1.31. The van der Waals surface area contributed by atoms with Crippen molar-refractivity contribution in [3.8, 4) is 0 Å². The van der Waals surface area contributed by atoms with Crippen molar-refractivity contribution in [1.29, 1.82) is 5.41 Å². The van der Waals surface area contributed by atoms with Crippen molar-refractivity contribution in [2.75, 3.05) is 6.54 Å². The average Bonchev–Trinajstić information content (AvgIpc) is 1.97. The third-order valence-electron chi connectivity index (χ3n) is 1.31. The summed E-state index contributed by atoms with van der Waals surface area (Å²) in [5.74, 6) is -1.38. The first-order valence-electron chi connectivity index (χ1n) is 3.58. The molecule has 0 amide bonds. The zero-order valence-corrected chi connectivity index (χ0v) is 12.6. The molecule has 0 unspecified atom stereocenters. The van der Waals surface area contributed by atoms with Gasteiger partial charge < -0.3 is 26.7 Å². The van der Waals surface area contributed by atoms with Gasteiger partial charge in [-0.05, 0) is 12.8 Å². The van der Waals surface area contributed by atoms with E-state index in [4.69, 9.17) is 16.9 Å². The van der Waals surface area contributed by atoms with Crippen molar-refractivity contribution in [3.63, 3.8) is 0 Å². The average molecular weight is 259 g/mol. The van der Waals surface area contributed by atoms with Crippen LogP contribution in [0.5, 0.6) is 0 Å². The molecule has 6 N–H and O–H groups in total. The molecule has 0 fully saturated rings. The molecule has 0 aromatic heterocycles. The van der Waals surface area contributed by atoms with Crippen LogP contribution in [0.2, 0.25) is 0 Å². The predicted octanol–water partition coefficient (Wildman–Crippen LogP) is -5.67. The molecule has 13 heavy (non-hydrogen) atoms. The topological polar surface area (TPSA) is 128 Å². The van der Waals surface area contributed by atoms with Crippen LogP contribution in [0.4, 0.5) is 0 Å². The van der Waals surface area contributed by atoms with Crippen molar-refractivity contribution < 1.29 is 68.1 Å². The fraction of sp³-hybridized carbons (Fsp3) is 0.667. The first-order chi connectivity index (χ1) is 5.54. The van der Waals surface area contributed by atoms with Crippen LogP contribution in [0.1, 0.15) is 12.8 Å². The minimum absolute atomic E-state index is 0. The van der Waals surface area contributed by atoms with Crippen molar-refractivity contribution >= 4 is 11.9 Å². The van der Waals surface area contributed by atoms with E-state index in [1.54, 1.807) is 0 Å². The van der Waals surface area contributed by atoms with Crippen molar-refractivity contribution in [1.82, 2.24) is 5.32 Å². The number of hydrogen-bond acceptors (Lipinski definition) is 4. The standard InChI is InChI=1S/C6H14N4O2.Rb/c7-4(5(11)12)2-1-3-10-6(8)9;/h4H,1-3,7H2,(H,11,12)(H4,8,9,10);/q;+1/p-1/t4-;/m0./s1. The van der Waals surface area contributed by atoms with E-state index in [2.05, 4.69) is 5.32 Å². The molecule has 0 bridgehead atoms. The van der Waals surface area contributed by atoms with Crippen LogP contribution in [-0.2, 0) is 4.79 Å². The Morgan fingerprint density at radius 2 is 2.15 bits per heavy atom. The fourth-order valence-corrected chi connectivity index (χ4v) is 0.663. The molecule has 0 aliphatic carbocycles. The fourth-order valence-electron chi connectivity index (χ4n) is 0.663. The van der Waals surface area contributed by atoms with Crippen molar-refractivity contribution in [3.05, 3.63) is 0 Å². The Labute approximate surface area is 126 Å². The number of aliphatic carboxylic acids is 1. The molecular formula is C6H13N4O2Rb. The van der Waals surface area contributed by atoms with Crippen LogP contribution in [0.15, 0.2) is 0 Å². The zero-order chi connectivity index (χ0) is 9.56. The summed E-state index contributed by atoms with van der Waals surface area (Å²) in [5, 5.41) is 19.4. The summed E-state index contributed by atoms with van der Waals surface area (Å²) < 4.78 is 0. The molecule has 0 aromatic rings. The molecule has 6 nitrogen and oxygen atoms in total. The molecule has 0 rings (SSSR count). The summed E-state index contributed by atoms with van der Waals surface area (Å²) in [6, 6.07) is -0.932. The molecule has 0 aromatic carbocycles. The molecule has 1 atom stereocenters. The van der Waals surface area contributed by atoms with E-state index in [1.807, 2.05) is 0 Å². The van der Waals surface area contributed by atoms with Gasteiger partial charge in [0, 0.05) is 12.6 Å². The normalized spacial score (nSPS) is 11.2. The number of nitrogens with one attached hydrogen (secondary N) is 2. The van der Waals surface area contributed by atoms with Gasteiger partial charge in [-0.1, -0.05) is 0 Å². The Balaban J connectivity index is 0. The molecule has 70 valence electrons. The Bertz CT molecular complexity index is 176. The number of nitrogens with two attached hydrogens (primary N) is 2. The summed E-state index contributed by atoms with van der Waals surface area (Å²) in [5.41, 5.74) is 10.1. The Morgan fingerprint density at radius 3 is 2.54 bits per heavy atom. The number of guanidine groups is 1. The SMILES string of the molecule is N=C(N)NCCC[C@H](N)C(=O)[O-].[Rb+]. The van der Waals surface area contributed by atoms with Crippen LogP contribution < -0.4 is 80.1 Å². The van der Waals surface area contributed by atoms with E-state index < -0.39 is 12.0 Å². The number of rotatable bonds is 5. The molecular weight excluding hydrogens is 246 g/mol. The van der Waals surface area contributed by atoms with E-state index in [0.717, 1.165) is 0 Å². The van der Waals surface area contributed by atoms with Crippen LogP contribution >= 0.6 is 0 Å². The van der Waals surface area contributed by atoms with Gasteiger partial charge in [-0.2, -0.15) is 0 Å². The first-order valence-corrected chi connectivity index (χ1v) is 3.58. The smallest absolute Gasteiger partial charge is 0.548 e. The van der Waals surface area contributed by atoms with Gasteiger partial charge in [-0.3, -0.25) is 5.41 Å². The molecule has 7 heteroatoms. The monoisotopic (exact) mass is 258 g/mol. The van der Waals surface area contributed by atoms with E-state index in [0.29, 0.717) is 19.4 Å². The number of carboxylic acids is 1. The largest absolute Gasteiger partial charge is 1.00 e. The zero-order valence-electron chi connectivity index (χ0n) is 7.67. The van der Waals surface area contributed by atoms with Gasteiger partial charge in [0.25, 0.3) is 0 Å². The third kappa shape index (κ3) is 10.4. The summed E-state index contributed by atoms with van der Waals surface area (Å²) in [7, 11) is 0. The quantitative estimate of drug-likeness (QED) is 0.222. The van der Waals surface area contributed by atoms with Crippen molar-refractivity contribution in [2.45, 2.75) is 18.9 Å². The molecule has 0 spiro atoms. The van der Waals surface area contributed by atoms with Crippen LogP contribution in [0, 0.1) is 5.41 Å². The summed E-state index contributed by atoms with van der Waals surface area (Å²) >= 11 is 0. The maximum Gasteiger partial charge on any atom is 1.00 e. The summed E-state index contributed by atoms with van der Waals surface area (Å²) in [6.45, 7) is 0.455. The first kappa shape index (κ1) is 16.0. The minimum atomic E-state index is -1.25. The second kappa shape index (κ2) is 9.08. The number of carboxylic acid groups (broad SMARTS) is 1. The van der Waals surface area contributed by atoms with Gasteiger partial charge in [-0.25, -0.2) is 0 Å². The number of carbonyl (C=O) groups is 1. The van der Waals surface area contributed by atoms with Crippen LogP contribution in [0.25, 0.3) is 0 Å². The van der Waals surface area contributed by atoms with Gasteiger partial charge >= 0.3 is 58.2 Å². The molecule has 0 aliphatic heterocycles. The Kier molecular flexibility index (Phi) is 11.1. The maximum atomic E-state index is 10.1. The number of carbonyl (C=O) groups excluding carboxylic acids is 1. The second-order valence-electron chi connectivity index (χ2n) is 2.41. The van der Waals surface area contributed by atoms with Gasteiger partial charge in [0.15, 0.2) is 5.96 Å². The summed E-state index contributed by atoms with van der Waals surface area (Å²) in [4.78, 5) is 10.1. The molecule has 0 radical (unpaired) electrons. The van der Waals surface area contributed by atoms with E-state index in [1.165, 1.54) is 0 Å². The predicted molar refractivity (Wildman–Crippen MR) is 42.1 cm³/mol. The van der Waals surface area contributed by atoms with E-state index >= 15 is 0 Å². The number of hydrogen-bond donors (Lipinski definition) is 4. The van der Waals surface area contributed by atoms with Gasteiger partial charge in [0.2, 0.25) is 0 Å². The molecule has 0 heterocycles. The van der Waals surface area contributed by atoms with Crippen molar-refractivity contribution in [2.24, 2.45) is 11.5 Å². The van der Waals surface area contributed by atoms with E-state index in [-0.39, 0.29) is 64.1 Å². The molecule has 0 aliphatic rings. The van der Waals surface area contributed by atoms with Gasteiger partial charge in [0.1, 0.15) is 0 Å². The van der Waals surface area contributed by atoms with Gasteiger partial charge in [-0.15, -0.1) is 0 Å². The second-order valence-corrected chi connectivity index (χ2v) is 2.41.